The molecule has 27 heavy (non-hydrogen) atoms. The summed E-state index contributed by atoms with van der Waals surface area (Å²) in [6.45, 7) is 3.56. The second-order valence-corrected chi connectivity index (χ2v) is 7.46. The quantitative estimate of drug-likeness (QED) is 0.605. The average molecular weight is 389 g/mol. The fourth-order valence-corrected chi connectivity index (χ4v) is 3.82. The number of carbonyl (C=O) groups is 2. The van der Waals surface area contributed by atoms with Gasteiger partial charge in [-0.05, 0) is 23.4 Å². The molecule has 9 heteroatoms. The summed E-state index contributed by atoms with van der Waals surface area (Å²) in [5.41, 5.74) is 0.0592. The molecule has 3 rings (SSSR count). The Balaban J connectivity index is 1.80. The summed E-state index contributed by atoms with van der Waals surface area (Å²) in [7, 11) is 0. The van der Waals surface area contributed by atoms with E-state index in [1.807, 2.05) is 31.4 Å². The number of nitro groups is 1. The van der Waals surface area contributed by atoms with Gasteiger partial charge in [-0.15, -0.1) is 11.3 Å². The number of nitro benzene ring substituents is 1. The number of nitrogens with one attached hydrogen (secondary N) is 1. The first-order valence-corrected chi connectivity index (χ1v) is 9.29. The van der Waals surface area contributed by atoms with E-state index in [0.29, 0.717) is 5.75 Å². The molecule has 1 aromatic heterocycles. The summed E-state index contributed by atoms with van der Waals surface area (Å²) in [4.78, 5) is 37.6. The van der Waals surface area contributed by atoms with Crippen LogP contribution in [0.25, 0.3) is 0 Å². The average Bonchev–Trinajstić information content (AvgIpc) is 3.15. The standard InChI is InChI=1S/C18H19N3O5S/c1-11(2)18(15-4-3-7-27-15)19-16(22)9-20-13-8-12(21(24)25)5-6-14(13)26-10-17(20)23/h3-8,11,18H,9-10H2,1-2H3,(H,19,22). The third-order valence-electron chi connectivity index (χ3n) is 4.23. The maximum Gasteiger partial charge on any atom is 0.271 e. The SMILES string of the molecule is CC(C)C(NC(=O)CN1C(=O)COc2ccc([N+](=O)[O-])cc21)c1cccs1. The molecule has 0 spiro atoms. The van der Waals surface area contributed by atoms with Crippen LogP contribution in [-0.4, -0.2) is 29.9 Å². The molecule has 0 aliphatic carbocycles. The van der Waals surface area contributed by atoms with Crippen LogP contribution in [0.5, 0.6) is 5.75 Å². The van der Waals surface area contributed by atoms with Crippen molar-refractivity contribution in [2.24, 2.45) is 5.92 Å². The summed E-state index contributed by atoms with van der Waals surface area (Å²) in [6, 6.07) is 7.69. The lowest BCUT2D eigenvalue weighted by atomic mass is 10.0. The maximum absolute atomic E-state index is 12.6. The molecule has 2 aromatic rings. The van der Waals surface area contributed by atoms with Gasteiger partial charge in [0.2, 0.25) is 5.91 Å². The van der Waals surface area contributed by atoms with Crippen molar-refractivity contribution in [1.82, 2.24) is 5.32 Å². The van der Waals surface area contributed by atoms with Crippen molar-refractivity contribution in [2.45, 2.75) is 19.9 Å². The van der Waals surface area contributed by atoms with Gasteiger partial charge in [0, 0.05) is 17.0 Å². The summed E-state index contributed by atoms with van der Waals surface area (Å²) >= 11 is 1.55. The molecule has 0 saturated heterocycles. The Bertz CT molecular complexity index is 866. The molecule has 142 valence electrons. The van der Waals surface area contributed by atoms with Gasteiger partial charge < -0.3 is 10.1 Å². The van der Waals surface area contributed by atoms with Crippen LogP contribution in [-0.2, 0) is 9.59 Å². The zero-order valence-corrected chi connectivity index (χ0v) is 15.7. The number of nitrogens with zero attached hydrogens (tertiary/aromatic N) is 2. The van der Waals surface area contributed by atoms with Gasteiger partial charge in [0.05, 0.1) is 16.7 Å². The Morgan fingerprint density at radius 1 is 1.41 bits per heavy atom. The smallest absolute Gasteiger partial charge is 0.271 e. The molecule has 0 radical (unpaired) electrons. The zero-order chi connectivity index (χ0) is 19.6. The Hall–Kier alpha value is -2.94. The summed E-state index contributed by atoms with van der Waals surface area (Å²) in [6.07, 6.45) is 0. The van der Waals surface area contributed by atoms with Crippen LogP contribution in [0.1, 0.15) is 24.8 Å². The monoisotopic (exact) mass is 389 g/mol. The highest BCUT2D eigenvalue weighted by Gasteiger charge is 2.30. The predicted octanol–water partition coefficient (Wildman–Crippen LogP) is 2.90. The number of non-ortho nitro benzene ring substituents is 1. The summed E-state index contributed by atoms with van der Waals surface area (Å²) < 4.78 is 5.32. The topological polar surface area (TPSA) is 102 Å². The van der Waals surface area contributed by atoms with Crippen LogP contribution < -0.4 is 15.0 Å². The predicted molar refractivity (Wildman–Crippen MR) is 101 cm³/mol. The van der Waals surface area contributed by atoms with Crippen LogP contribution in [0.4, 0.5) is 11.4 Å². The number of carbonyl (C=O) groups excluding carboxylic acids is 2. The molecule has 2 heterocycles. The van der Waals surface area contributed by atoms with Gasteiger partial charge in [-0.2, -0.15) is 0 Å². The van der Waals surface area contributed by atoms with Crippen LogP contribution in [0.3, 0.4) is 0 Å². The van der Waals surface area contributed by atoms with Crippen molar-refractivity contribution in [2.75, 3.05) is 18.1 Å². The van der Waals surface area contributed by atoms with E-state index < -0.39 is 10.8 Å². The third-order valence-corrected chi connectivity index (χ3v) is 5.19. The van der Waals surface area contributed by atoms with E-state index >= 15 is 0 Å². The normalized spacial score (nSPS) is 14.5. The van der Waals surface area contributed by atoms with E-state index in [-0.39, 0.29) is 42.4 Å². The van der Waals surface area contributed by atoms with E-state index in [1.165, 1.54) is 23.1 Å². The summed E-state index contributed by atoms with van der Waals surface area (Å²) in [5.74, 6) is -0.252. The van der Waals surface area contributed by atoms with E-state index in [4.69, 9.17) is 4.74 Å². The highest BCUT2D eigenvalue weighted by Crippen LogP contribution is 2.35. The lowest BCUT2D eigenvalue weighted by Crippen LogP contribution is -2.46. The van der Waals surface area contributed by atoms with Gasteiger partial charge in [-0.25, -0.2) is 0 Å². The number of hydrogen-bond donors (Lipinski definition) is 1. The van der Waals surface area contributed by atoms with Crippen molar-refractivity contribution in [3.63, 3.8) is 0 Å². The lowest BCUT2D eigenvalue weighted by molar-refractivity contribution is -0.384. The minimum Gasteiger partial charge on any atom is -0.482 e. The highest BCUT2D eigenvalue weighted by molar-refractivity contribution is 7.10. The molecular formula is C18H19N3O5S. The molecule has 8 nitrogen and oxygen atoms in total. The van der Waals surface area contributed by atoms with Crippen molar-refractivity contribution in [3.8, 4) is 5.75 Å². The molecule has 0 saturated carbocycles. The third kappa shape index (κ3) is 4.08. The number of thiophene rings is 1. The number of rotatable bonds is 6. The summed E-state index contributed by atoms with van der Waals surface area (Å²) in [5, 5.41) is 15.9. The zero-order valence-electron chi connectivity index (χ0n) is 14.9. The molecule has 0 bridgehead atoms. The van der Waals surface area contributed by atoms with Gasteiger partial charge in [0.25, 0.3) is 11.6 Å². The van der Waals surface area contributed by atoms with Crippen molar-refractivity contribution in [1.29, 1.82) is 0 Å². The minimum atomic E-state index is -0.552. The van der Waals surface area contributed by atoms with Crippen molar-refractivity contribution < 1.29 is 19.2 Å². The molecule has 1 atom stereocenters. The molecular weight excluding hydrogens is 370 g/mol. The number of fused-ring (bicyclic) bond motifs is 1. The van der Waals surface area contributed by atoms with Gasteiger partial charge in [0.15, 0.2) is 6.61 Å². The molecule has 2 amide bonds. The molecule has 0 fully saturated rings. The Morgan fingerprint density at radius 3 is 2.81 bits per heavy atom. The first-order valence-electron chi connectivity index (χ1n) is 8.41. The van der Waals surface area contributed by atoms with Crippen molar-refractivity contribution in [3.05, 3.63) is 50.7 Å². The van der Waals surface area contributed by atoms with E-state index in [9.17, 15) is 19.7 Å². The highest BCUT2D eigenvalue weighted by atomic mass is 32.1. The van der Waals surface area contributed by atoms with Crippen LogP contribution >= 0.6 is 11.3 Å². The van der Waals surface area contributed by atoms with Crippen LogP contribution in [0, 0.1) is 16.0 Å². The number of benzene rings is 1. The van der Waals surface area contributed by atoms with Crippen molar-refractivity contribution >= 4 is 34.5 Å². The van der Waals surface area contributed by atoms with E-state index in [2.05, 4.69) is 5.32 Å². The first kappa shape index (κ1) is 18.8. The largest absolute Gasteiger partial charge is 0.482 e. The fraction of sp³-hybridized carbons (Fsp3) is 0.333. The Labute approximate surface area is 159 Å². The van der Waals surface area contributed by atoms with Gasteiger partial charge >= 0.3 is 0 Å². The molecule has 1 unspecified atom stereocenters. The fourth-order valence-electron chi connectivity index (χ4n) is 2.87. The second kappa shape index (κ2) is 7.75. The lowest BCUT2D eigenvalue weighted by Gasteiger charge is -2.29. The Morgan fingerprint density at radius 2 is 2.19 bits per heavy atom. The van der Waals surface area contributed by atoms with Crippen LogP contribution in [0.2, 0.25) is 0 Å². The molecule has 1 aromatic carbocycles. The molecule has 1 N–H and O–H groups in total. The van der Waals surface area contributed by atoms with Gasteiger partial charge in [-0.1, -0.05) is 19.9 Å². The maximum atomic E-state index is 12.6. The molecule has 1 aliphatic heterocycles. The number of hydrogen-bond acceptors (Lipinski definition) is 6. The minimum absolute atomic E-state index is 0.168. The van der Waals surface area contributed by atoms with Gasteiger partial charge in [0.1, 0.15) is 12.3 Å². The van der Waals surface area contributed by atoms with Crippen LogP contribution in [0.15, 0.2) is 35.7 Å². The molecule has 1 aliphatic rings. The van der Waals surface area contributed by atoms with E-state index in [1.54, 1.807) is 11.3 Å². The first-order chi connectivity index (χ1) is 12.9. The second-order valence-electron chi connectivity index (χ2n) is 6.48. The Kier molecular flexibility index (Phi) is 5.41. The number of amides is 2. The van der Waals surface area contributed by atoms with Gasteiger partial charge in [-0.3, -0.25) is 24.6 Å². The number of anilines is 1. The number of ether oxygens (including phenoxy) is 1. The van der Waals surface area contributed by atoms with E-state index in [0.717, 1.165) is 4.88 Å².